The number of anilines is 1. The van der Waals surface area contributed by atoms with Crippen LogP contribution in [0.15, 0.2) is 54.6 Å². The summed E-state index contributed by atoms with van der Waals surface area (Å²) < 4.78 is 5.37. The number of hydrogen-bond acceptors (Lipinski definition) is 7. The summed E-state index contributed by atoms with van der Waals surface area (Å²) in [4.78, 5) is 27.5. The molecule has 5 rings (SSSR count). The second-order valence-corrected chi connectivity index (χ2v) is 11.5. The third-order valence-electron chi connectivity index (χ3n) is 7.70. The first-order chi connectivity index (χ1) is 19.1. The second-order valence-electron chi connectivity index (χ2n) is 10.5. The molecular formula is C30H37N5O3S. The van der Waals surface area contributed by atoms with Gasteiger partial charge in [0.25, 0.3) is 5.91 Å². The van der Waals surface area contributed by atoms with Crippen LogP contribution < -0.4 is 10.6 Å². The normalized spacial score (nSPS) is 19.9. The van der Waals surface area contributed by atoms with E-state index in [0.717, 1.165) is 63.5 Å². The molecule has 39 heavy (non-hydrogen) atoms. The minimum absolute atomic E-state index is 0.171. The zero-order valence-corrected chi connectivity index (χ0v) is 23.1. The molecule has 0 unspecified atom stereocenters. The summed E-state index contributed by atoms with van der Waals surface area (Å²) in [6.07, 6.45) is 5.59. The van der Waals surface area contributed by atoms with Crippen LogP contribution in [0.25, 0.3) is 0 Å². The molecule has 206 valence electrons. The van der Waals surface area contributed by atoms with Gasteiger partial charge in [-0.15, -0.1) is 10.2 Å². The molecule has 2 amide bonds. The minimum atomic E-state index is -0.174. The SMILES string of the molecule is O=C(CC1CCC(c2ccc(C(=O)Nc3nnc(Cc4ccccc4)s3)cc2)CC1)NCCN1CCOCC1. The maximum absolute atomic E-state index is 12.8. The van der Waals surface area contributed by atoms with Gasteiger partial charge in [0, 0.05) is 44.6 Å². The Kier molecular flexibility index (Phi) is 9.69. The molecule has 8 nitrogen and oxygen atoms in total. The summed E-state index contributed by atoms with van der Waals surface area (Å²) in [6.45, 7) is 5.07. The van der Waals surface area contributed by atoms with E-state index in [0.29, 0.717) is 41.9 Å². The van der Waals surface area contributed by atoms with E-state index in [1.165, 1.54) is 22.5 Å². The highest BCUT2D eigenvalue weighted by Gasteiger charge is 2.24. The highest BCUT2D eigenvalue weighted by atomic mass is 32.1. The molecular weight excluding hydrogens is 510 g/mol. The van der Waals surface area contributed by atoms with E-state index in [9.17, 15) is 9.59 Å². The third-order valence-corrected chi connectivity index (χ3v) is 8.54. The number of ether oxygens (including phenoxy) is 1. The molecule has 2 aromatic carbocycles. The van der Waals surface area contributed by atoms with Crippen molar-refractivity contribution in [2.24, 2.45) is 5.92 Å². The number of nitrogens with zero attached hydrogens (tertiary/aromatic N) is 3. The van der Waals surface area contributed by atoms with Crippen molar-refractivity contribution in [3.8, 4) is 0 Å². The van der Waals surface area contributed by atoms with E-state index in [-0.39, 0.29) is 11.8 Å². The molecule has 9 heteroatoms. The summed E-state index contributed by atoms with van der Waals surface area (Å²) in [5, 5.41) is 15.7. The summed E-state index contributed by atoms with van der Waals surface area (Å²) in [5.74, 6) is 0.928. The van der Waals surface area contributed by atoms with E-state index in [1.54, 1.807) is 0 Å². The largest absolute Gasteiger partial charge is 0.379 e. The van der Waals surface area contributed by atoms with Gasteiger partial charge in [0.2, 0.25) is 11.0 Å². The number of rotatable bonds is 10. The quantitative estimate of drug-likeness (QED) is 0.388. The molecule has 2 N–H and O–H groups in total. The molecule has 1 aromatic heterocycles. The monoisotopic (exact) mass is 547 g/mol. The Morgan fingerprint density at radius 2 is 1.69 bits per heavy atom. The number of nitrogens with one attached hydrogen (secondary N) is 2. The summed E-state index contributed by atoms with van der Waals surface area (Å²) >= 11 is 1.40. The molecule has 1 saturated heterocycles. The molecule has 2 heterocycles. The van der Waals surface area contributed by atoms with Gasteiger partial charge in [-0.1, -0.05) is 53.8 Å². The highest BCUT2D eigenvalue weighted by Crippen LogP contribution is 2.37. The lowest BCUT2D eigenvalue weighted by Gasteiger charge is -2.29. The third kappa shape index (κ3) is 8.17. The van der Waals surface area contributed by atoms with Gasteiger partial charge in [0.15, 0.2) is 0 Å². The number of carbonyl (C=O) groups excluding carboxylic acids is 2. The topological polar surface area (TPSA) is 96.5 Å². The lowest BCUT2D eigenvalue weighted by molar-refractivity contribution is -0.122. The molecule has 0 spiro atoms. The van der Waals surface area contributed by atoms with E-state index in [1.807, 2.05) is 30.3 Å². The van der Waals surface area contributed by atoms with Crippen LogP contribution in [0.1, 0.15) is 64.5 Å². The molecule has 1 aliphatic carbocycles. The maximum Gasteiger partial charge on any atom is 0.257 e. The van der Waals surface area contributed by atoms with E-state index >= 15 is 0 Å². The number of hydrogen-bond donors (Lipinski definition) is 2. The Morgan fingerprint density at radius 3 is 2.44 bits per heavy atom. The second kappa shape index (κ2) is 13.8. The summed E-state index contributed by atoms with van der Waals surface area (Å²) in [7, 11) is 0. The van der Waals surface area contributed by atoms with Gasteiger partial charge in [0.05, 0.1) is 13.2 Å². The lowest BCUT2D eigenvalue weighted by Crippen LogP contribution is -2.41. The number of amides is 2. The van der Waals surface area contributed by atoms with Gasteiger partial charge in [-0.05, 0) is 60.8 Å². The van der Waals surface area contributed by atoms with Crippen molar-refractivity contribution in [1.29, 1.82) is 0 Å². The molecule has 3 aromatic rings. The van der Waals surface area contributed by atoms with Crippen molar-refractivity contribution in [3.63, 3.8) is 0 Å². The lowest BCUT2D eigenvalue weighted by atomic mass is 9.77. The van der Waals surface area contributed by atoms with Crippen LogP contribution in [-0.4, -0.2) is 66.3 Å². The maximum atomic E-state index is 12.8. The van der Waals surface area contributed by atoms with Crippen molar-refractivity contribution in [1.82, 2.24) is 20.4 Å². The Balaban J connectivity index is 1.03. The fourth-order valence-electron chi connectivity index (χ4n) is 5.43. The van der Waals surface area contributed by atoms with Gasteiger partial charge in [0.1, 0.15) is 5.01 Å². The van der Waals surface area contributed by atoms with Gasteiger partial charge in [-0.2, -0.15) is 0 Å². The van der Waals surface area contributed by atoms with Crippen LogP contribution in [0.3, 0.4) is 0 Å². The van der Waals surface area contributed by atoms with Gasteiger partial charge in [-0.3, -0.25) is 19.8 Å². The van der Waals surface area contributed by atoms with Crippen molar-refractivity contribution in [2.75, 3.05) is 44.7 Å². The Morgan fingerprint density at radius 1 is 0.949 bits per heavy atom. The predicted octanol–water partition coefficient (Wildman–Crippen LogP) is 4.49. The van der Waals surface area contributed by atoms with Crippen molar-refractivity contribution in [2.45, 2.75) is 44.4 Å². The Hall–Kier alpha value is -3.14. The van der Waals surface area contributed by atoms with Crippen LogP contribution in [0.4, 0.5) is 5.13 Å². The first-order valence-electron chi connectivity index (χ1n) is 14.0. The van der Waals surface area contributed by atoms with E-state index in [2.05, 4.69) is 50.0 Å². The van der Waals surface area contributed by atoms with Crippen LogP contribution in [-0.2, 0) is 16.0 Å². The number of carbonyl (C=O) groups is 2. The first kappa shape index (κ1) is 27.4. The number of morpholine rings is 1. The highest BCUT2D eigenvalue weighted by molar-refractivity contribution is 7.15. The fourth-order valence-corrected chi connectivity index (χ4v) is 6.20. The molecule has 0 atom stereocenters. The predicted molar refractivity (Wildman–Crippen MR) is 153 cm³/mol. The van der Waals surface area contributed by atoms with Crippen LogP contribution in [0, 0.1) is 5.92 Å². The van der Waals surface area contributed by atoms with Gasteiger partial charge < -0.3 is 10.1 Å². The first-order valence-corrected chi connectivity index (χ1v) is 14.8. The molecule has 2 fully saturated rings. The smallest absolute Gasteiger partial charge is 0.257 e. The minimum Gasteiger partial charge on any atom is -0.379 e. The van der Waals surface area contributed by atoms with Crippen molar-refractivity contribution < 1.29 is 14.3 Å². The summed E-state index contributed by atoms with van der Waals surface area (Å²) in [5.41, 5.74) is 3.04. The van der Waals surface area contributed by atoms with Gasteiger partial charge in [-0.25, -0.2) is 0 Å². The number of benzene rings is 2. The Labute approximate surface area is 234 Å². The van der Waals surface area contributed by atoms with E-state index in [4.69, 9.17) is 4.74 Å². The Bertz CT molecular complexity index is 1200. The molecule has 1 aliphatic heterocycles. The van der Waals surface area contributed by atoms with Crippen LogP contribution in [0.5, 0.6) is 0 Å². The fraction of sp³-hybridized carbons (Fsp3) is 0.467. The zero-order chi connectivity index (χ0) is 26.9. The van der Waals surface area contributed by atoms with Crippen molar-refractivity contribution in [3.05, 3.63) is 76.3 Å². The number of aromatic nitrogens is 2. The molecule has 1 saturated carbocycles. The molecule has 0 radical (unpaired) electrons. The van der Waals surface area contributed by atoms with Crippen molar-refractivity contribution >= 4 is 28.3 Å². The van der Waals surface area contributed by atoms with Crippen LogP contribution in [0.2, 0.25) is 0 Å². The van der Waals surface area contributed by atoms with Crippen LogP contribution >= 0.6 is 11.3 Å². The zero-order valence-electron chi connectivity index (χ0n) is 22.3. The van der Waals surface area contributed by atoms with Gasteiger partial charge >= 0.3 is 0 Å². The average molecular weight is 548 g/mol. The molecule has 0 bridgehead atoms. The molecule has 2 aliphatic rings. The summed E-state index contributed by atoms with van der Waals surface area (Å²) in [6, 6.07) is 18.0. The average Bonchev–Trinajstić information content (AvgIpc) is 3.41. The standard InChI is InChI=1S/C30H37N5O3S/c36-27(31-14-15-35-16-18-38-19-17-35)20-23-6-8-24(9-7-23)25-10-12-26(13-11-25)29(37)32-30-34-33-28(39-30)21-22-4-2-1-3-5-22/h1-5,10-13,23-24H,6-9,14-21H2,(H,31,36)(H,32,34,37). The van der Waals surface area contributed by atoms with E-state index < -0.39 is 0 Å².